The van der Waals surface area contributed by atoms with Crippen molar-refractivity contribution in [3.63, 3.8) is 0 Å². The molecule has 1 saturated heterocycles. The molecule has 2 N–H and O–H groups in total. The van der Waals surface area contributed by atoms with Crippen LogP contribution in [0.4, 0.5) is 33.6 Å². The molecule has 0 spiro atoms. The number of ether oxygens (including phenoxy) is 1. The molecule has 1 aliphatic rings. The van der Waals surface area contributed by atoms with E-state index in [4.69, 9.17) is 9.72 Å². The molecule has 38 heavy (non-hydrogen) atoms. The molecule has 192 valence electrons. The molecule has 0 atom stereocenters. The lowest BCUT2D eigenvalue weighted by Crippen LogP contribution is -2.37. The maximum absolute atomic E-state index is 13.4. The van der Waals surface area contributed by atoms with E-state index in [1.165, 1.54) is 17.7 Å². The summed E-state index contributed by atoms with van der Waals surface area (Å²) in [6.07, 6.45) is 0. The second kappa shape index (κ2) is 10.4. The number of morpholine rings is 1. The molecule has 0 aliphatic carbocycles. The summed E-state index contributed by atoms with van der Waals surface area (Å²) in [5.41, 5.74) is 4.65. The zero-order valence-corrected chi connectivity index (χ0v) is 20.9. The lowest BCUT2D eigenvalue weighted by molar-refractivity contribution is 0.122. The number of benzene rings is 3. The Balaban J connectivity index is 1.29. The van der Waals surface area contributed by atoms with Gasteiger partial charge in [0, 0.05) is 31.0 Å². The molecule has 0 bridgehead atoms. The number of nitrogens with zero attached hydrogens (tertiary/aromatic N) is 6. The Morgan fingerprint density at radius 3 is 2.24 bits per heavy atom. The van der Waals surface area contributed by atoms with Gasteiger partial charge in [-0.1, -0.05) is 30.3 Å². The van der Waals surface area contributed by atoms with Crippen LogP contribution in [-0.2, 0) is 11.3 Å². The van der Waals surface area contributed by atoms with Crippen LogP contribution in [0.3, 0.4) is 0 Å². The number of rotatable bonds is 7. The predicted octanol–water partition coefficient (Wildman–Crippen LogP) is 5.04. The summed E-state index contributed by atoms with van der Waals surface area (Å²) in [7, 11) is 0. The van der Waals surface area contributed by atoms with E-state index in [0.717, 1.165) is 29.1 Å². The number of aromatic nitrogens is 5. The van der Waals surface area contributed by atoms with E-state index in [2.05, 4.69) is 53.3 Å². The predicted molar refractivity (Wildman–Crippen MR) is 146 cm³/mol. The zero-order valence-electron chi connectivity index (χ0n) is 20.9. The van der Waals surface area contributed by atoms with Gasteiger partial charge in [0.05, 0.1) is 24.2 Å². The number of halogens is 1. The number of anilines is 5. The first kappa shape index (κ1) is 23.8. The van der Waals surface area contributed by atoms with Gasteiger partial charge in [-0.2, -0.15) is 15.0 Å². The van der Waals surface area contributed by atoms with E-state index in [0.29, 0.717) is 49.8 Å². The van der Waals surface area contributed by atoms with Crippen molar-refractivity contribution in [3.05, 3.63) is 90.0 Å². The number of fused-ring (bicyclic) bond motifs is 1. The van der Waals surface area contributed by atoms with Gasteiger partial charge in [0.15, 0.2) is 0 Å². The molecule has 5 aromatic rings. The van der Waals surface area contributed by atoms with Gasteiger partial charge in [-0.15, -0.1) is 0 Å². The lowest BCUT2D eigenvalue weighted by Gasteiger charge is -2.27. The monoisotopic (exact) mass is 510 g/mol. The summed E-state index contributed by atoms with van der Waals surface area (Å²) >= 11 is 0. The number of hydrogen-bond acceptors (Lipinski definition) is 8. The van der Waals surface area contributed by atoms with Crippen LogP contribution >= 0.6 is 0 Å². The molecule has 6 rings (SSSR count). The van der Waals surface area contributed by atoms with E-state index in [1.807, 2.05) is 37.3 Å². The molecule has 9 nitrogen and oxygen atoms in total. The van der Waals surface area contributed by atoms with Crippen molar-refractivity contribution < 1.29 is 9.13 Å². The Labute approximate surface area is 219 Å². The maximum Gasteiger partial charge on any atom is 0.233 e. The normalized spacial score (nSPS) is 13.6. The molecule has 0 saturated carbocycles. The standard InChI is InChI=1S/C28H27FN8O/c1-19-30-24-17-23(11-12-25(24)37(19)18-20-5-3-2-4-6-20)32-27-33-26(31-22-9-7-21(29)8-10-22)34-28(35-27)36-13-15-38-16-14-36/h2-12,17H,13-16,18H2,1H3,(H2,31,32,33,34,35). The fourth-order valence-electron chi connectivity index (χ4n) is 4.47. The second-order valence-corrected chi connectivity index (χ2v) is 9.07. The van der Waals surface area contributed by atoms with Gasteiger partial charge < -0.3 is 24.8 Å². The summed E-state index contributed by atoms with van der Waals surface area (Å²) in [5, 5.41) is 6.48. The number of nitrogens with one attached hydrogen (secondary N) is 2. The highest BCUT2D eigenvalue weighted by Gasteiger charge is 2.17. The SMILES string of the molecule is Cc1nc2cc(Nc3nc(Nc4ccc(F)cc4)nc(N4CCOCC4)n3)ccc2n1Cc1ccccc1. The van der Waals surface area contributed by atoms with E-state index < -0.39 is 0 Å². The minimum absolute atomic E-state index is 0.306. The molecule has 1 aliphatic heterocycles. The van der Waals surface area contributed by atoms with Gasteiger partial charge >= 0.3 is 0 Å². The van der Waals surface area contributed by atoms with Crippen molar-refractivity contribution >= 4 is 40.3 Å². The molecule has 3 aromatic carbocycles. The van der Waals surface area contributed by atoms with Crippen molar-refractivity contribution in [1.82, 2.24) is 24.5 Å². The zero-order chi connectivity index (χ0) is 25.9. The average molecular weight is 511 g/mol. The second-order valence-electron chi connectivity index (χ2n) is 9.07. The molecular formula is C28H27FN8O. The molecule has 0 amide bonds. The molecule has 2 aromatic heterocycles. The maximum atomic E-state index is 13.4. The van der Waals surface area contributed by atoms with Crippen LogP contribution in [0.25, 0.3) is 11.0 Å². The van der Waals surface area contributed by atoms with Crippen molar-refractivity contribution in [1.29, 1.82) is 0 Å². The van der Waals surface area contributed by atoms with Gasteiger partial charge in [0.2, 0.25) is 17.8 Å². The molecule has 1 fully saturated rings. The highest BCUT2D eigenvalue weighted by Crippen LogP contribution is 2.25. The van der Waals surface area contributed by atoms with Gasteiger partial charge in [-0.05, 0) is 55.0 Å². The van der Waals surface area contributed by atoms with Crippen molar-refractivity contribution in [3.8, 4) is 0 Å². The van der Waals surface area contributed by atoms with Gasteiger partial charge in [-0.25, -0.2) is 9.37 Å². The third kappa shape index (κ3) is 5.25. The fraction of sp³-hybridized carbons (Fsp3) is 0.214. The van der Waals surface area contributed by atoms with Crippen LogP contribution < -0.4 is 15.5 Å². The van der Waals surface area contributed by atoms with Crippen LogP contribution in [0.2, 0.25) is 0 Å². The molecule has 10 heteroatoms. The van der Waals surface area contributed by atoms with Crippen molar-refractivity contribution in [2.75, 3.05) is 41.8 Å². The minimum Gasteiger partial charge on any atom is -0.378 e. The third-order valence-electron chi connectivity index (χ3n) is 6.40. The Morgan fingerprint density at radius 1 is 0.816 bits per heavy atom. The third-order valence-corrected chi connectivity index (χ3v) is 6.40. The smallest absolute Gasteiger partial charge is 0.233 e. The van der Waals surface area contributed by atoms with Crippen LogP contribution in [-0.4, -0.2) is 50.8 Å². The summed E-state index contributed by atoms with van der Waals surface area (Å²) in [5.74, 6) is 1.94. The Bertz CT molecular complexity index is 1550. The summed E-state index contributed by atoms with van der Waals surface area (Å²) < 4.78 is 21.1. The Hall–Kier alpha value is -4.57. The minimum atomic E-state index is -0.306. The molecule has 0 radical (unpaired) electrons. The highest BCUT2D eigenvalue weighted by atomic mass is 19.1. The van der Waals surface area contributed by atoms with Crippen LogP contribution in [0.5, 0.6) is 0 Å². The Kier molecular flexibility index (Phi) is 6.53. The quantitative estimate of drug-likeness (QED) is 0.315. The topological polar surface area (TPSA) is 93.0 Å². The lowest BCUT2D eigenvalue weighted by atomic mass is 10.2. The van der Waals surface area contributed by atoms with Gasteiger partial charge in [-0.3, -0.25) is 0 Å². The molecule has 0 unspecified atom stereocenters. The van der Waals surface area contributed by atoms with E-state index in [-0.39, 0.29) is 5.82 Å². The average Bonchev–Trinajstić information content (AvgIpc) is 3.25. The summed E-state index contributed by atoms with van der Waals surface area (Å²) in [4.78, 5) is 20.7. The van der Waals surface area contributed by atoms with Crippen LogP contribution in [0.1, 0.15) is 11.4 Å². The fourth-order valence-corrected chi connectivity index (χ4v) is 4.47. The van der Waals surface area contributed by atoms with Crippen LogP contribution in [0, 0.1) is 12.7 Å². The van der Waals surface area contributed by atoms with E-state index in [9.17, 15) is 4.39 Å². The molecule has 3 heterocycles. The van der Waals surface area contributed by atoms with E-state index in [1.54, 1.807) is 12.1 Å². The first-order valence-electron chi connectivity index (χ1n) is 12.5. The first-order chi connectivity index (χ1) is 18.6. The Morgan fingerprint density at radius 2 is 1.50 bits per heavy atom. The summed E-state index contributed by atoms with van der Waals surface area (Å²) in [6.45, 7) is 5.36. The molecular weight excluding hydrogens is 483 g/mol. The van der Waals surface area contributed by atoms with Crippen molar-refractivity contribution in [2.45, 2.75) is 13.5 Å². The van der Waals surface area contributed by atoms with E-state index >= 15 is 0 Å². The summed E-state index contributed by atoms with van der Waals surface area (Å²) in [6, 6.07) is 22.5. The largest absolute Gasteiger partial charge is 0.378 e. The number of aryl methyl sites for hydroxylation is 1. The van der Waals surface area contributed by atoms with Gasteiger partial charge in [0.1, 0.15) is 11.6 Å². The first-order valence-corrected chi connectivity index (χ1v) is 12.5. The van der Waals surface area contributed by atoms with Crippen molar-refractivity contribution in [2.24, 2.45) is 0 Å². The number of hydrogen-bond donors (Lipinski definition) is 2. The number of imidazole rings is 1. The van der Waals surface area contributed by atoms with Gasteiger partial charge in [0.25, 0.3) is 0 Å². The van der Waals surface area contributed by atoms with Crippen LogP contribution in [0.15, 0.2) is 72.8 Å². The highest BCUT2D eigenvalue weighted by molar-refractivity contribution is 5.81.